The summed E-state index contributed by atoms with van der Waals surface area (Å²) < 4.78 is 180. The molecule has 0 fully saturated rings. The fraction of sp³-hybridized carbons (Fsp3) is 0. The molecule has 0 N–H and O–H groups in total. The van der Waals surface area contributed by atoms with Crippen molar-refractivity contribution in [3.8, 4) is 41.8 Å². The molecule has 3 aromatic heterocycles. The van der Waals surface area contributed by atoms with E-state index in [4.69, 9.17) is 0 Å². The zero-order chi connectivity index (χ0) is 34.8. The number of nitrogens with zero attached hydrogens (tertiary/aromatic N) is 4. The Morgan fingerprint density at radius 1 is 0.479 bits per heavy atom. The Balaban J connectivity index is 1.34. The Hall–Kier alpha value is -3.44. The molecule has 0 unspecified atom stereocenters. The predicted molar refractivity (Wildman–Crippen MR) is 169 cm³/mol. The van der Waals surface area contributed by atoms with Crippen molar-refractivity contribution >= 4 is 88.6 Å². The van der Waals surface area contributed by atoms with Crippen molar-refractivity contribution in [3.05, 3.63) is 72.3 Å². The van der Waals surface area contributed by atoms with Crippen molar-refractivity contribution in [1.29, 1.82) is 0 Å². The van der Waals surface area contributed by atoms with Gasteiger partial charge in [-0.05, 0) is 59.7 Å². The smallest absolute Gasteiger partial charge is 0.205 e. The molecule has 0 bridgehead atoms. The fourth-order valence-corrected chi connectivity index (χ4v) is 9.67. The number of fused-ring (bicyclic) bond motifs is 2. The van der Waals surface area contributed by atoms with Gasteiger partial charge in [-0.3, -0.25) is 0 Å². The highest BCUT2D eigenvalue weighted by atomic mass is 32.5. The van der Waals surface area contributed by atoms with Crippen LogP contribution in [0.15, 0.2) is 79.2 Å². The summed E-state index contributed by atoms with van der Waals surface area (Å²) >= 11 is 3.29. The second-order valence-electron chi connectivity index (χ2n) is 10.2. The largest absolute Gasteiger partial charge is 0.313 e. The molecule has 4 nitrogen and oxygen atoms in total. The average molecular weight is 799 g/mol. The molecule has 0 spiro atoms. The summed E-state index contributed by atoms with van der Waals surface area (Å²) in [5.74, 6) is -4.24. The van der Waals surface area contributed by atoms with Gasteiger partial charge in [0.1, 0.15) is 43.8 Å². The molecule has 0 saturated heterocycles. The van der Waals surface area contributed by atoms with Gasteiger partial charge in [-0.1, -0.05) is 51.0 Å². The quantitative estimate of drug-likeness (QED) is 0.157. The minimum absolute atomic E-state index is 0.0470. The monoisotopic (exact) mass is 798 g/mol. The summed E-state index contributed by atoms with van der Waals surface area (Å²) in [6.07, 6.45) is 0. The number of thiophene rings is 2. The normalized spacial score (nSPS) is 16.2. The Bertz CT molecular complexity index is 2280. The zero-order valence-corrected chi connectivity index (χ0v) is 27.4. The van der Waals surface area contributed by atoms with Crippen LogP contribution in [0.1, 0.15) is 0 Å². The SMILES string of the molecule is Fc1ccc(-c2ccc(-c3c4c(c(-c5ccc(-c6ccc(F)c(S(F)(F)(F)(F)F)c6)s5)c5nsnc35)N=S=N4)s2)cc1S(F)(F)(F)(F)F. The van der Waals surface area contributed by atoms with Crippen LogP contribution in [0.4, 0.5) is 59.0 Å². The van der Waals surface area contributed by atoms with Crippen LogP contribution in [-0.2, 0) is 11.4 Å². The summed E-state index contributed by atoms with van der Waals surface area (Å²) in [6, 6.07) is 8.21. The van der Waals surface area contributed by atoms with Crippen LogP contribution >= 0.6 is 54.8 Å². The number of hydrogen-bond donors (Lipinski definition) is 0. The Kier molecular flexibility index (Phi) is 6.35. The van der Waals surface area contributed by atoms with Crippen LogP contribution in [0.3, 0.4) is 0 Å². The molecule has 7 rings (SSSR count). The number of hydrogen-bond acceptors (Lipinski definition) is 7. The van der Waals surface area contributed by atoms with Crippen molar-refractivity contribution in [3.63, 3.8) is 0 Å². The van der Waals surface area contributed by atoms with E-state index in [2.05, 4.69) is 17.5 Å². The molecule has 0 saturated carbocycles. The van der Waals surface area contributed by atoms with Crippen LogP contribution in [0.25, 0.3) is 52.8 Å². The summed E-state index contributed by atoms with van der Waals surface area (Å²) in [5, 5.41) is 0. The molecule has 0 aliphatic carbocycles. The lowest BCUT2D eigenvalue weighted by Gasteiger charge is -2.40. The molecule has 0 amide bonds. The number of rotatable bonds is 6. The van der Waals surface area contributed by atoms with E-state index in [0.29, 0.717) is 33.0 Å². The molecule has 1 aliphatic rings. The van der Waals surface area contributed by atoms with Crippen LogP contribution in [-0.4, -0.2) is 8.75 Å². The maximum absolute atomic E-state index is 13.9. The summed E-state index contributed by atoms with van der Waals surface area (Å²) in [4.78, 5) is -4.40. The first-order chi connectivity index (χ1) is 21.9. The predicted octanol–water partition coefficient (Wildman–Crippen LogP) is 14.8. The topological polar surface area (TPSA) is 50.5 Å². The minimum atomic E-state index is -10.4. The first-order valence-corrected chi connectivity index (χ1v) is 19.6. The van der Waals surface area contributed by atoms with E-state index >= 15 is 0 Å². The summed E-state index contributed by atoms with van der Waals surface area (Å²) in [7, 11) is -20.7. The van der Waals surface area contributed by atoms with Gasteiger partial charge in [-0.15, -0.1) is 22.7 Å². The van der Waals surface area contributed by atoms with E-state index in [1.807, 2.05) is 0 Å². The van der Waals surface area contributed by atoms with Gasteiger partial charge in [0.25, 0.3) is 0 Å². The van der Waals surface area contributed by atoms with Crippen molar-refractivity contribution in [2.24, 2.45) is 8.73 Å². The van der Waals surface area contributed by atoms with Gasteiger partial charge in [0, 0.05) is 30.6 Å². The van der Waals surface area contributed by atoms with Gasteiger partial charge in [0.2, 0.25) is 0 Å². The molecular weight excluding hydrogens is 789 g/mol. The van der Waals surface area contributed by atoms with Gasteiger partial charge in [0.05, 0.1) is 23.1 Å². The highest BCUT2D eigenvalue weighted by Crippen LogP contribution is 3.03. The van der Waals surface area contributed by atoms with Crippen LogP contribution in [0.5, 0.6) is 0 Å². The van der Waals surface area contributed by atoms with Gasteiger partial charge in [0.15, 0.2) is 0 Å². The van der Waals surface area contributed by atoms with Crippen molar-refractivity contribution < 1.29 is 47.6 Å². The maximum atomic E-state index is 13.9. The number of halogens is 12. The first kappa shape index (κ1) is 33.1. The Labute approximate surface area is 276 Å². The number of benzene rings is 3. The van der Waals surface area contributed by atoms with Gasteiger partial charge in [-0.2, -0.15) is 17.5 Å². The van der Waals surface area contributed by atoms with Crippen LogP contribution in [0.2, 0.25) is 0 Å². The third-order valence-corrected chi connectivity index (χ3v) is 12.5. The molecular formula is C26H10F12N4S6. The Morgan fingerprint density at radius 2 is 0.854 bits per heavy atom. The van der Waals surface area contributed by atoms with Gasteiger partial charge in [-0.25, -0.2) is 8.78 Å². The molecule has 1 aliphatic heterocycles. The fourth-order valence-electron chi connectivity index (χ4n) is 4.88. The summed E-state index contributed by atoms with van der Waals surface area (Å²) in [6.45, 7) is 0. The van der Waals surface area contributed by atoms with E-state index in [9.17, 15) is 47.6 Å². The van der Waals surface area contributed by atoms with E-state index in [0.717, 1.165) is 57.9 Å². The molecule has 0 atom stereocenters. The maximum Gasteiger partial charge on any atom is 0.313 e. The van der Waals surface area contributed by atoms with E-state index in [1.54, 1.807) is 0 Å². The molecule has 48 heavy (non-hydrogen) atoms. The van der Waals surface area contributed by atoms with Crippen LogP contribution in [0, 0.1) is 11.6 Å². The molecule has 22 heteroatoms. The molecule has 0 radical (unpaired) electrons. The minimum Gasteiger partial charge on any atom is -0.205 e. The lowest BCUT2D eigenvalue weighted by atomic mass is 10.0. The highest BCUT2D eigenvalue weighted by molar-refractivity contribution is 8.46. The molecule has 6 aromatic rings. The standard InChI is InChI=1S/C26H10F12N4S6/c27-13-3-1-11(9-19(13)47(29,30,31,32)33)15-5-7-17(43-15)21-23-25(41-45-39-23)22(26-24(21)40-46-42-26)18-8-6-16(44-18)12-2-4-14(28)20(10-12)48(34,35,36,37)38/h1-10H. The molecule has 4 heterocycles. The zero-order valence-electron chi connectivity index (χ0n) is 22.5. The lowest BCUT2D eigenvalue weighted by Crippen LogP contribution is -2.08. The second kappa shape index (κ2) is 9.21. The van der Waals surface area contributed by atoms with E-state index in [-0.39, 0.29) is 55.4 Å². The third kappa shape index (κ3) is 5.80. The van der Waals surface area contributed by atoms with Crippen LogP contribution < -0.4 is 0 Å². The lowest BCUT2D eigenvalue weighted by molar-refractivity contribution is 0.352. The van der Waals surface area contributed by atoms with Gasteiger partial charge < -0.3 is 0 Å². The Morgan fingerprint density at radius 3 is 1.23 bits per heavy atom. The van der Waals surface area contributed by atoms with Crippen molar-refractivity contribution in [1.82, 2.24) is 8.75 Å². The highest BCUT2D eigenvalue weighted by Gasteiger charge is 2.68. The average Bonchev–Trinajstić information content (AvgIpc) is 3.76. The second-order valence-corrected chi connectivity index (χ2v) is 18.2. The summed E-state index contributed by atoms with van der Waals surface area (Å²) in [5.41, 5.74) is 1.01. The molecule has 3 aromatic carbocycles. The van der Waals surface area contributed by atoms with Crippen molar-refractivity contribution in [2.45, 2.75) is 9.79 Å². The third-order valence-electron chi connectivity index (χ3n) is 6.89. The number of aromatic nitrogens is 2. The van der Waals surface area contributed by atoms with Gasteiger partial charge >= 0.3 is 20.4 Å². The first-order valence-electron chi connectivity index (χ1n) is 12.6. The molecule has 254 valence electrons. The van der Waals surface area contributed by atoms with E-state index in [1.165, 1.54) is 24.3 Å². The van der Waals surface area contributed by atoms with Crippen molar-refractivity contribution in [2.75, 3.05) is 0 Å². The van der Waals surface area contributed by atoms with E-state index < -0.39 is 41.9 Å².